The standard InChI is InChI=1S/C20H19N3O3/c24-23(25)20-6-2-4-18-17(3-1-5-19(18)20)15-7-8-16(21-13-15)14-22-9-11-26-12-10-22/h1-8,13H,9-12,14H2. The smallest absolute Gasteiger partial charge is 0.277 e. The van der Waals surface area contributed by atoms with E-state index in [2.05, 4.69) is 9.88 Å². The molecule has 0 amide bonds. The summed E-state index contributed by atoms with van der Waals surface area (Å²) in [6, 6.07) is 14.9. The Morgan fingerprint density at radius 2 is 1.81 bits per heavy atom. The van der Waals surface area contributed by atoms with Crippen LogP contribution in [0.4, 0.5) is 5.69 Å². The van der Waals surface area contributed by atoms with Crippen LogP contribution in [-0.2, 0) is 11.3 Å². The molecule has 0 N–H and O–H groups in total. The number of ether oxygens (including phenoxy) is 1. The van der Waals surface area contributed by atoms with E-state index in [1.807, 2.05) is 36.5 Å². The van der Waals surface area contributed by atoms with Gasteiger partial charge in [-0.05, 0) is 23.1 Å². The van der Waals surface area contributed by atoms with Gasteiger partial charge >= 0.3 is 0 Å². The second kappa shape index (κ2) is 7.19. The zero-order valence-electron chi connectivity index (χ0n) is 14.3. The first-order valence-corrected chi connectivity index (χ1v) is 8.64. The molecule has 4 rings (SSSR count). The third-order valence-electron chi connectivity index (χ3n) is 4.72. The zero-order valence-corrected chi connectivity index (χ0v) is 14.3. The maximum absolute atomic E-state index is 11.3. The van der Waals surface area contributed by atoms with Gasteiger partial charge in [0.25, 0.3) is 5.69 Å². The Morgan fingerprint density at radius 3 is 2.54 bits per heavy atom. The summed E-state index contributed by atoms with van der Waals surface area (Å²) in [5.41, 5.74) is 3.06. The molecule has 0 aliphatic carbocycles. The Morgan fingerprint density at radius 1 is 1.04 bits per heavy atom. The van der Waals surface area contributed by atoms with Crippen LogP contribution in [0.2, 0.25) is 0 Å². The topological polar surface area (TPSA) is 68.5 Å². The highest BCUT2D eigenvalue weighted by Crippen LogP contribution is 2.33. The molecule has 0 spiro atoms. The summed E-state index contributed by atoms with van der Waals surface area (Å²) < 4.78 is 5.37. The number of aromatic nitrogens is 1. The first-order chi connectivity index (χ1) is 12.7. The van der Waals surface area contributed by atoms with E-state index in [9.17, 15) is 10.1 Å². The summed E-state index contributed by atoms with van der Waals surface area (Å²) in [6.07, 6.45) is 1.85. The fourth-order valence-corrected chi connectivity index (χ4v) is 3.37. The highest BCUT2D eigenvalue weighted by atomic mass is 16.6. The summed E-state index contributed by atoms with van der Waals surface area (Å²) in [5, 5.41) is 12.8. The fraction of sp³-hybridized carbons (Fsp3) is 0.250. The van der Waals surface area contributed by atoms with Crippen molar-refractivity contribution < 1.29 is 9.66 Å². The molecular formula is C20H19N3O3. The summed E-state index contributed by atoms with van der Waals surface area (Å²) in [5.74, 6) is 0. The number of rotatable bonds is 4. The predicted molar refractivity (Wildman–Crippen MR) is 99.9 cm³/mol. The molecular weight excluding hydrogens is 330 g/mol. The Kier molecular flexibility index (Phi) is 4.60. The second-order valence-corrected chi connectivity index (χ2v) is 6.36. The van der Waals surface area contributed by atoms with Crippen LogP contribution >= 0.6 is 0 Å². The van der Waals surface area contributed by atoms with Crippen LogP contribution in [0.5, 0.6) is 0 Å². The van der Waals surface area contributed by atoms with Crippen molar-refractivity contribution in [1.29, 1.82) is 0 Å². The predicted octanol–water partition coefficient (Wildman–Crippen LogP) is 3.64. The van der Waals surface area contributed by atoms with Crippen molar-refractivity contribution in [1.82, 2.24) is 9.88 Å². The highest BCUT2D eigenvalue weighted by Gasteiger charge is 2.14. The van der Waals surface area contributed by atoms with Gasteiger partial charge in [0.05, 0.1) is 29.2 Å². The SMILES string of the molecule is O=[N+]([O-])c1cccc2c(-c3ccc(CN4CCOCC4)nc3)cccc12. The van der Waals surface area contributed by atoms with E-state index in [0.29, 0.717) is 5.39 Å². The Bertz CT molecular complexity index is 935. The van der Waals surface area contributed by atoms with Gasteiger partial charge in [0, 0.05) is 37.5 Å². The van der Waals surface area contributed by atoms with Crippen LogP contribution in [0.25, 0.3) is 21.9 Å². The fourth-order valence-electron chi connectivity index (χ4n) is 3.37. The van der Waals surface area contributed by atoms with Crippen LogP contribution in [-0.4, -0.2) is 41.1 Å². The van der Waals surface area contributed by atoms with Crippen molar-refractivity contribution in [3.8, 4) is 11.1 Å². The Balaban J connectivity index is 1.65. The van der Waals surface area contributed by atoms with Crippen molar-refractivity contribution >= 4 is 16.5 Å². The van der Waals surface area contributed by atoms with Crippen molar-refractivity contribution in [3.05, 3.63) is 70.5 Å². The van der Waals surface area contributed by atoms with E-state index >= 15 is 0 Å². The molecule has 0 bridgehead atoms. The van der Waals surface area contributed by atoms with Gasteiger partial charge in [0.2, 0.25) is 0 Å². The number of hydrogen-bond acceptors (Lipinski definition) is 5. The van der Waals surface area contributed by atoms with Crippen LogP contribution in [0.15, 0.2) is 54.7 Å². The lowest BCUT2D eigenvalue weighted by Crippen LogP contribution is -2.35. The third-order valence-corrected chi connectivity index (χ3v) is 4.72. The van der Waals surface area contributed by atoms with E-state index < -0.39 is 0 Å². The summed E-state index contributed by atoms with van der Waals surface area (Å²) in [6.45, 7) is 4.21. The molecule has 6 nitrogen and oxygen atoms in total. The first kappa shape index (κ1) is 16.6. The molecule has 0 radical (unpaired) electrons. The zero-order chi connectivity index (χ0) is 17.9. The number of fused-ring (bicyclic) bond motifs is 1. The van der Waals surface area contributed by atoms with Gasteiger partial charge in [0.15, 0.2) is 0 Å². The largest absolute Gasteiger partial charge is 0.379 e. The number of nitro groups is 1. The van der Waals surface area contributed by atoms with Crippen LogP contribution < -0.4 is 0 Å². The summed E-state index contributed by atoms with van der Waals surface area (Å²) in [4.78, 5) is 17.9. The third kappa shape index (κ3) is 3.29. The average molecular weight is 349 g/mol. The van der Waals surface area contributed by atoms with Gasteiger partial charge in [-0.25, -0.2) is 0 Å². The summed E-state index contributed by atoms with van der Waals surface area (Å²) >= 11 is 0. The van der Waals surface area contributed by atoms with E-state index in [0.717, 1.165) is 55.1 Å². The van der Waals surface area contributed by atoms with Crippen LogP contribution in [0, 0.1) is 10.1 Å². The number of hydrogen-bond donors (Lipinski definition) is 0. The first-order valence-electron chi connectivity index (χ1n) is 8.64. The van der Waals surface area contributed by atoms with E-state index in [-0.39, 0.29) is 10.6 Å². The van der Waals surface area contributed by atoms with E-state index in [1.165, 1.54) is 6.07 Å². The molecule has 3 aromatic rings. The van der Waals surface area contributed by atoms with Crippen molar-refractivity contribution in [2.24, 2.45) is 0 Å². The molecule has 0 unspecified atom stereocenters. The molecule has 1 fully saturated rings. The lowest BCUT2D eigenvalue weighted by Gasteiger charge is -2.26. The number of nitro benzene ring substituents is 1. The normalized spacial score (nSPS) is 15.2. The molecule has 2 heterocycles. The van der Waals surface area contributed by atoms with Crippen molar-refractivity contribution in [2.75, 3.05) is 26.3 Å². The number of nitrogens with zero attached hydrogens (tertiary/aromatic N) is 3. The summed E-state index contributed by atoms with van der Waals surface area (Å²) in [7, 11) is 0. The molecule has 6 heteroatoms. The number of benzene rings is 2. The van der Waals surface area contributed by atoms with Gasteiger partial charge in [-0.2, -0.15) is 0 Å². The molecule has 0 atom stereocenters. The number of non-ortho nitro benzene ring substituents is 1. The van der Waals surface area contributed by atoms with Gasteiger partial charge in [0.1, 0.15) is 0 Å². The molecule has 26 heavy (non-hydrogen) atoms. The van der Waals surface area contributed by atoms with E-state index in [4.69, 9.17) is 4.74 Å². The van der Waals surface area contributed by atoms with Gasteiger partial charge in [-0.3, -0.25) is 20.0 Å². The van der Waals surface area contributed by atoms with Gasteiger partial charge in [-0.15, -0.1) is 0 Å². The lowest BCUT2D eigenvalue weighted by atomic mass is 9.98. The number of pyridine rings is 1. The Labute approximate surface area is 151 Å². The highest BCUT2D eigenvalue weighted by molar-refractivity contribution is 6.01. The Hall–Kier alpha value is -2.83. The minimum absolute atomic E-state index is 0.126. The van der Waals surface area contributed by atoms with Crippen LogP contribution in [0.1, 0.15) is 5.69 Å². The van der Waals surface area contributed by atoms with Crippen LogP contribution in [0.3, 0.4) is 0 Å². The lowest BCUT2D eigenvalue weighted by molar-refractivity contribution is -0.383. The molecule has 0 saturated carbocycles. The monoisotopic (exact) mass is 349 g/mol. The molecule has 1 saturated heterocycles. The maximum atomic E-state index is 11.3. The average Bonchev–Trinajstić information content (AvgIpc) is 2.68. The molecule has 1 aliphatic rings. The van der Waals surface area contributed by atoms with Gasteiger partial charge < -0.3 is 4.74 Å². The quantitative estimate of drug-likeness (QED) is 0.531. The minimum atomic E-state index is -0.338. The molecule has 1 aliphatic heterocycles. The van der Waals surface area contributed by atoms with Gasteiger partial charge in [-0.1, -0.05) is 30.3 Å². The second-order valence-electron chi connectivity index (χ2n) is 6.36. The van der Waals surface area contributed by atoms with E-state index in [1.54, 1.807) is 12.1 Å². The number of morpholine rings is 1. The molecule has 2 aromatic carbocycles. The molecule has 1 aromatic heterocycles. The van der Waals surface area contributed by atoms with Crippen molar-refractivity contribution in [2.45, 2.75) is 6.54 Å². The maximum Gasteiger partial charge on any atom is 0.277 e. The minimum Gasteiger partial charge on any atom is -0.379 e. The molecule has 132 valence electrons. The van der Waals surface area contributed by atoms with Crippen molar-refractivity contribution in [3.63, 3.8) is 0 Å².